The molecule has 0 bridgehead atoms. The van der Waals surface area contributed by atoms with E-state index in [0.29, 0.717) is 24.5 Å². The molecule has 2 fully saturated rings. The van der Waals surface area contributed by atoms with Gasteiger partial charge in [0.1, 0.15) is 0 Å². The third-order valence-electron chi connectivity index (χ3n) is 4.10. The summed E-state index contributed by atoms with van der Waals surface area (Å²) in [5, 5.41) is 0. The number of anilines is 2. The SMILES string of the molecule is NNc1nc(OCCC2CCC2)nc(N2CCCC2)n1. The Labute approximate surface area is 118 Å². The largest absolute Gasteiger partial charge is 0.463 e. The second-order valence-corrected chi connectivity index (χ2v) is 5.51. The van der Waals surface area contributed by atoms with Gasteiger partial charge < -0.3 is 9.64 Å². The van der Waals surface area contributed by atoms with Crippen LogP contribution in [0.2, 0.25) is 0 Å². The molecule has 1 aliphatic heterocycles. The van der Waals surface area contributed by atoms with Crippen LogP contribution in [0.1, 0.15) is 38.5 Å². The Morgan fingerprint density at radius 2 is 1.95 bits per heavy atom. The number of ether oxygens (including phenoxy) is 1. The van der Waals surface area contributed by atoms with Crippen molar-refractivity contribution in [2.75, 3.05) is 30.0 Å². The minimum Gasteiger partial charge on any atom is -0.463 e. The number of rotatable bonds is 6. The molecule has 20 heavy (non-hydrogen) atoms. The minimum atomic E-state index is 0.362. The highest BCUT2D eigenvalue weighted by molar-refractivity contribution is 5.38. The molecule has 1 saturated heterocycles. The third kappa shape index (κ3) is 3.09. The van der Waals surface area contributed by atoms with Gasteiger partial charge in [0.15, 0.2) is 0 Å². The van der Waals surface area contributed by atoms with Crippen LogP contribution in [0.15, 0.2) is 0 Å². The molecule has 0 amide bonds. The number of nitrogen functional groups attached to an aromatic ring is 1. The molecule has 0 aromatic carbocycles. The summed E-state index contributed by atoms with van der Waals surface area (Å²) in [6, 6.07) is 0.370. The van der Waals surface area contributed by atoms with Gasteiger partial charge in [0.2, 0.25) is 11.9 Å². The van der Waals surface area contributed by atoms with E-state index in [1.165, 1.54) is 32.1 Å². The second-order valence-electron chi connectivity index (χ2n) is 5.51. The van der Waals surface area contributed by atoms with Gasteiger partial charge in [-0.15, -0.1) is 0 Å². The highest BCUT2D eigenvalue weighted by Crippen LogP contribution is 2.29. The molecule has 0 unspecified atom stereocenters. The maximum absolute atomic E-state index is 5.67. The van der Waals surface area contributed by atoms with Crippen LogP contribution in [-0.2, 0) is 0 Å². The highest BCUT2D eigenvalue weighted by Gasteiger charge is 2.19. The number of hydrogen-bond donors (Lipinski definition) is 2. The van der Waals surface area contributed by atoms with Crippen molar-refractivity contribution in [2.45, 2.75) is 38.5 Å². The Hall–Kier alpha value is -1.63. The van der Waals surface area contributed by atoms with E-state index < -0.39 is 0 Å². The average Bonchev–Trinajstić information content (AvgIpc) is 2.95. The predicted octanol–water partition coefficient (Wildman–Crippen LogP) is 1.33. The van der Waals surface area contributed by atoms with Crippen LogP contribution in [0.3, 0.4) is 0 Å². The molecule has 1 aromatic heterocycles. The molecule has 2 heterocycles. The molecule has 1 aromatic rings. The van der Waals surface area contributed by atoms with E-state index in [1.807, 2.05) is 0 Å². The highest BCUT2D eigenvalue weighted by atomic mass is 16.5. The normalized spacial score (nSPS) is 18.9. The van der Waals surface area contributed by atoms with Crippen LogP contribution >= 0.6 is 0 Å². The van der Waals surface area contributed by atoms with Crippen molar-refractivity contribution >= 4 is 11.9 Å². The molecular formula is C13H22N6O. The predicted molar refractivity (Wildman–Crippen MR) is 76.5 cm³/mol. The first kappa shape index (κ1) is 13.4. The summed E-state index contributed by atoms with van der Waals surface area (Å²) < 4.78 is 5.67. The molecule has 2 aliphatic rings. The summed E-state index contributed by atoms with van der Waals surface area (Å²) in [6.45, 7) is 2.63. The monoisotopic (exact) mass is 278 g/mol. The molecule has 1 saturated carbocycles. The summed E-state index contributed by atoms with van der Waals surface area (Å²) in [5.74, 6) is 7.26. The molecule has 0 radical (unpaired) electrons. The molecule has 0 atom stereocenters. The standard InChI is InChI=1S/C13H22N6O/c14-18-11-15-12(19-7-1-2-8-19)17-13(16-11)20-9-6-10-4-3-5-10/h10H,1-9,14H2,(H,15,16,17,18). The van der Waals surface area contributed by atoms with Crippen LogP contribution in [0.5, 0.6) is 6.01 Å². The fraction of sp³-hybridized carbons (Fsp3) is 0.769. The zero-order chi connectivity index (χ0) is 13.8. The Bertz CT molecular complexity index is 444. The molecule has 7 heteroatoms. The summed E-state index contributed by atoms with van der Waals surface area (Å²) in [7, 11) is 0. The van der Waals surface area contributed by atoms with Crippen LogP contribution in [0.4, 0.5) is 11.9 Å². The average molecular weight is 278 g/mol. The Kier molecular flexibility index (Phi) is 4.15. The van der Waals surface area contributed by atoms with Crippen LogP contribution in [0.25, 0.3) is 0 Å². The lowest BCUT2D eigenvalue weighted by Crippen LogP contribution is -2.23. The molecule has 3 rings (SSSR count). The molecule has 0 spiro atoms. The first-order valence-electron chi connectivity index (χ1n) is 7.45. The molecule has 110 valence electrons. The fourth-order valence-corrected chi connectivity index (χ4v) is 2.63. The van der Waals surface area contributed by atoms with Gasteiger partial charge in [-0.3, -0.25) is 5.43 Å². The van der Waals surface area contributed by atoms with Gasteiger partial charge in [0.25, 0.3) is 0 Å². The number of nitrogens with two attached hydrogens (primary N) is 1. The van der Waals surface area contributed by atoms with Gasteiger partial charge in [-0.25, -0.2) is 5.84 Å². The molecule has 3 N–H and O–H groups in total. The van der Waals surface area contributed by atoms with E-state index in [9.17, 15) is 0 Å². The van der Waals surface area contributed by atoms with E-state index >= 15 is 0 Å². The maximum Gasteiger partial charge on any atom is 0.323 e. The number of nitrogens with one attached hydrogen (secondary N) is 1. The summed E-state index contributed by atoms with van der Waals surface area (Å²) >= 11 is 0. The first-order valence-corrected chi connectivity index (χ1v) is 7.45. The quantitative estimate of drug-likeness (QED) is 0.599. The van der Waals surface area contributed by atoms with Gasteiger partial charge >= 0.3 is 6.01 Å². The van der Waals surface area contributed by atoms with E-state index in [4.69, 9.17) is 10.6 Å². The number of nitrogens with zero attached hydrogens (tertiary/aromatic N) is 4. The van der Waals surface area contributed by atoms with E-state index in [1.54, 1.807) is 0 Å². The smallest absolute Gasteiger partial charge is 0.323 e. The van der Waals surface area contributed by atoms with Gasteiger partial charge in [0, 0.05) is 13.1 Å². The van der Waals surface area contributed by atoms with Crippen molar-refractivity contribution in [2.24, 2.45) is 11.8 Å². The fourth-order valence-electron chi connectivity index (χ4n) is 2.63. The van der Waals surface area contributed by atoms with Crippen molar-refractivity contribution in [1.82, 2.24) is 15.0 Å². The lowest BCUT2D eigenvalue weighted by molar-refractivity contribution is 0.212. The van der Waals surface area contributed by atoms with Crippen molar-refractivity contribution in [3.05, 3.63) is 0 Å². The Morgan fingerprint density at radius 3 is 2.60 bits per heavy atom. The Morgan fingerprint density at radius 1 is 1.15 bits per heavy atom. The third-order valence-corrected chi connectivity index (χ3v) is 4.10. The minimum absolute atomic E-state index is 0.362. The van der Waals surface area contributed by atoms with Gasteiger partial charge in [-0.1, -0.05) is 19.3 Å². The van der Waals surface area contributed by atoms with Gasteiger partial charge in [-0.05, 0) is 25.2 Å². The topological polar surface area (TPSA) is 89.2 Å². The van der Waals surface area contributed by atoms with E-state index in [0.717, 1.165) is 25.4 Å². The number of hydrogen-bond acceptors (Lipinski definition) is 7. The zero-order valence-corrected chi connectivity index (χ0v) is 11.7. The maximum atomic E-state index is 5.67. The van der Waals surface area contributed by atoms with Crippen LogP contribution in [0, 0.1) is 5.92 Å². The summed E-state index contributed by atoms with van der Waals surface area (Å²) in [6.07, 6.45) is 7.45. The van der Waals surface area contributed by atoms with Crippen molar-refractivity contribution in [3.8, 4) is 6.01 Å². The number of aromatic nitrogens is 3. The molecule has 1 aliphatic carbocycles. The van der Waals surface area contributed by atoms with E-state index in [2.05, 4.69) is 25.3 Å². The zero-order valence-electron chi connectivity index (χ0n) is 11.7. The van der Waals surface area contributed by atoms with E-state index in [-0.39, 0.29) is 0 Å². The van der Waals surface area contributed by atoms with Gasteiger partial charge in [0.05, 0.1) is 6.61 Å². The summed E-state index contributed by atoms with van der Waals surface area (Å²) in [5.41, 5.74) is 2.48. The van der Waals surface area contributed by atoms with Crippen molar-refractivity contribution < 1.29 is 4.74 Å². The molecule has 7 nitrogen and oxygen atoms in total. The summed E-state index contributed by atoms with van der Waals surface area (Å²) in [4.78, 5) is 15.0. The van der Waals surface area contributed by atoms with Crippen LogP contribution < -0.4 is 20.9 Å². The lowest BCUT2D eigenvalue weighted by Gasteiger charge is -2.24. The second kappa shape index (κ2) is 6.21. The van der Waals surface area contributed by atoms with Crippen molar-refractivity contribution in [1.29, 1.82) is 0 Å². The molecular weight excluding hydrogens is 256 g/mol. The van der Waals surface area contributed by atoms with Gasteiger partial charge in [-0.2, -0.15) is 15.0 Å². The lowest BCUT2D eigenvalue weighted by atomic mass is 9.83. The van der Waals surface area contributed by atoms with Crippen LogP contribution in [-0.4, -0.2) is 34.6 Å². The first-order chi connectivity index (χ1) is 9.85. The van der Waals surface area contributed by atoms with Crippen molar-refractivity contribution in [3.63, 3.8) is 0 Å². The number of hydrazine groups is 1. The Balaban J connectivity index is 1.63.